The van der Waals surface area contributed by atoms with Crippen molar-refractivity contribution in [2.75, 3.05) is 0 Å². The van der Waals surface area contributed by atoms with Crippen LogP contribution in [0.3, 0.4) is 0 Å². The van der Waals surface area contributed by atoms with Crippen LogP contribution in [0.1, 0.15) is 21.6 Å². The van der Waals surface area contributed by atoms with Crippen LogP contribution >= 0.6 is 0 Å². The molecule has 0 spiro atoms. The summed E-state index contributed by atoms with van der Waals surface area (Å²) in [4.78, 5) is 23.2. The van der Waals surface area contributed by atoms with Gasteiger partial charge >= 0.3 is 0 Å². The average molecular weight is 252 g/mol. The van der Waals surface area contributed by atoms with Crippen molar-refractivity contribution >= 4 is 5.78 Å². The highest BCUT2D eigenvalue weighted by Crippen LogP contribution is 2.06. The number of carbonyl (C=O) groups is 1. The van der Waals surface area contributed by atoms with Crippen LogP contribution in [-0.4, -0.2) is 10.4 Å². The molecule has 0 saturated carbocycles. The van der Waals surface area contributed by atoms with Crippen LogP contribution < -0.4 is 5.43 Å². The standard InChI is InChI=1S/C15H12N2O2/c1-11-8-14(18)6-7-17(11)10-15(19)13-4-2-12(9-16)3-5-13/h2-8H,10H2,1H3. The first kappa shape index (κ1) is 12.8. The van der Waals surface area contributed by atoms with E-state index < -0.39 is 0 Å². The Balaban J connectivity index is 2.20. The van der Waals surface area contributed by atoms with Crippen molar-refractivity contribution in [3.05, 3.63) is 69.6 Å². The molecule has 0 aliphatic rings. The molecule has 0 fully saturated rings. The van der Waals surface area contributed by atoms with Crippen LogP contribution in [0.25, 0.3) is 0 Å². The second-order valence-electron chi connectivity index (χ2n) is 4.24. The summed E-state index contributed by atoms with van der Waals surface area (Å²) in [7, 11) is 0. The fourth-order valence-corrected chi connectivity index (χ4v) is 1.77. The fraction of sp³-hybridized carbons (Fsp3) is 0.133. The van der Waals surface area contributed by atoms with Crippen LogP contribution in [-0.2, 0) is 6.54 Å². The molecule has 19 heavy (non-hydrogen) atoms. The summed E-state index contributed by atoms with van der Waals surface area (Å²) in [6.07, 6.45) is 1.61. The minimum absolute atomic E-state index is 0.0590. The number of benzene rings is 1. The maximum Gasteiger partial charge on any atom is 0.182 e. The third-order valence-electron chi connectivity index (χ3n) is 2.87. The largest absolute Gasteiger partial charge is 0.344 e. The van der Waals surface area contributed by atoms with Gasteiger partial charge in [-0.15, -0.1) is 0 Å². The first-order valence-electron chi connectivity index (χ1n) is 5.80. The summed E-state index contributed by atoms with van der Waals surface area (Å²) in [6, 6.07) is 11.4. The van der Waals surface area contributed by atoms with E-state index in [2.05, 4.69) is 0 Å². The van der Waals surface area contributed by atoms with Gasteiger partial charge in [-0.25, -0.2) is 0 Å². The van der Waals surface area contributed by atoms with E-state index in [-0.39, 0.29) is 17.8 Å². The second kappa shape index (κ2) is 5.32. The van der Waals surface area contributed by atoms with Crippen molar-refractivity contribution in [3.63, 3.8) is 0 Å². The zero-order valence-corrected chi connectivity index (χ0v) is 10.5. The number of ketones is 1. The number of carbonyl (C=O) groups excluding carboxylic acids is 1. The van der Waals surface area contributed by atoms with Crippen molar-refractivity contribution in [2.24, 2.45) is 0 Å². The maximum atomic E-state index is 12.1. The zero-order chi connectivity index (χ0) is 13.8. The van der Waals surface area contributed by atoms with E-state index in [1.165, 1.54) is 12.1 Å². The molecule has 0 bridgehead atoms. The molecule has 0 amide bonds. The van der Waals surface area contributed by atoms with Gasteiger partial charge in [-0.3, -0.25) is 9.59 Å². The minimum atomic E-state index is -0.0698. The zero-order valence-electron chi connectivity index (χ0n) is 10.5. The molecule has 0 atom stereocenters. The summed E-state index contributed by atoms with van der Waals surface area (Å²) in [5.41, 5.74) is 1.75. The first-order chi connectivity index (χ1) is 9.10. The molecule has 1 heterocycles. The van der Waals surface area contributed by atoms with E-state index in [1.54, 1.807) is 42.0 Å². The molecule has 0 unspecified atom stereocenters. The summed E-state index contributed by atoms with van der Waals surface area (Å²) in [6.45, 7) is 1.96. The van der Waals surface area contributed by atoms with Crippen molar-refractivity contribution < 1.29 is 4.79 Å². The van der Waals surface area contributed by atoms with E-state index in [1.807, 2.05) is 6.07 Å². The maximum absolute atomic E-state index is 12.1. The van der Waals surface area contributed by atoms with Gasteiger partial charge in [0.15, 0.2) is 11.2 Å². The Morgan fingerprint density at radius 3 is 2.53 bits per heavy atom. The van der Waals surface area contributed by atoms with E-state index >= 15 is 0 Å². The number of rotatable bonds is 3. The normalized spacial score (nSPS) is 9.89. The van der Waals surface area contributed by atoms with Crippen LogP contribution in [0.5, 0.6) is 0 Å². The highest BCUT2D eigenvalue weighted by molar-refractivity contribution is 5.96. The van der Waals surface area contributed by atoms with E-state index in [0.29, 0.717) is 11.1 Å². The lowest BCUT2D eigenvalue weighted by atomic mass is 10.1. The lowest BCUT2D eigenvalue weighted by molar-refractivity contribution is 0.0971. The minimum Gasteiger partial charge on any atom is -0.344 e. The molecule has 2 rings (SSSR count). The third-order valence-corrected chi connectivity index (χ3v) is 2.87. The number of hydrogen-bond acceptors (Lipinski definition) is 3. The Hall–Kier alpha value is -2.67. The third kappa shape index (κ3) is 2.96. The van der Waals surface area contributed by atoms with Gasteiger partial charge in [-0.1, -0.05) is 12.1 Å². The van der Waals surface area contributed by atoms with Crippen LogP contribution in [0, 0.1) is 18.3 Å². The molecule has 1 aromatic heterocycles. The molecule has 94 valence electrons. The molecule has 0 aliphatic heterocycles. The molecule has 2 aromatic rings. The van der Waals surface area contributed by atoms with Gasteiger partial charge in [-0.2, -0.15) is 5.26 Å². The Bertz CT molecular complexity index is 706. The quantitative estimate of drug-likeness (QED) is 0.784. The Labute approximate surface area is 110 Å². The van der Waals surface area contributed by atoms with Crippen molar-refractivity contribution in [1.29, 1.82) is 5.26 Å². The van der Waals surface area contributed by atoms with Gasteiger partial charge in [-0.05, 0) is 19.1 Å². The molecule has 4 nitrogen and oxygen atoms in total. The summed E-state index contributed by atoms with van der Waals surface area (Å²) < 4.78 is 1.72. The highest BCUT2D eigenvalue weighted by Gasteiger charge is 2.07. The smallest absolute Gasteiger partial charge is 0.182 e. The van der Waals surface area contributed by atoms with Crippen molar-refractivity contribution in [2.45, 2.75) is 13.5 Å². The average Bonchev–Trinajstić information content (AvgIpc) is 2.42. The van der Waals surface area contributed by atoms with Crippen LogP contribution in [0.2, 0.25) is 0 Å². The van der Waals surface area contributed by atoms with E-state index in [4.69, 9.17) is 5.26 Å². The lowest BCUT2D eigenvalue weighted by Crippen LogP contribution is -2.15. The van der Waals surface area contributed by atoms with E-state index in [0.717, 1.165) is 5.69 Å². The number of hydrogen-bond donors (Lipinski definition) is 0. The number of nitrogens with zero attached hydrogens (tertiary/aromatic N) is 2. The van der Waals surface area contributed by atoms with Gasteiger partial charge in [0.05, 0.1) is 18.2 Å². The topological polar surface area (TPSA) is 62.9 Å². The molecule has 4 heteroatoms. The van der Waals surface area contributed by atoms with Gasteiger partial charge < -0.3 is 4.57 Å². The van der Waals surface area contributed by atoms with Gasteiger partial charge in [0.25, 0.3) is 0 Å². The van der Waals surface area contributed by atoms with E-state index in [9.17, 15) is 9.59 Å². The van der Waals surface area contributed by atoms with Gasteiger partial charge in [0.1, 0.15) is 0 Å². The van der Waals surface area contributed by atoms with Crippen LogP contribution in [0.15, 0.2) is 47.4 Å². The molecule has 0 N–H and O–H groups in total. The SMILES string of the molecule is Cc1cc(=O)ccn1CC(=O)c1ccc(C#N)cc1. The Kier molecular flexibility index (Phi) is 3.58. The number of nitriles is 1. The van der Waals surface area contributed by atoms with Crippen molar-refractivity contribution in [3.8, 4) is 6.07 Å². The number of Topliss-reactive ketones (excluding diaryl/α,β-unsaturated/α-hetero) is 1. The van der Waals surface area contributed by atoms with Gasteiger partial charge in [0.2, 0.25) is 0 Å². The summed E-state index contributed by atoms with van der Waals surface area (Å²) in [5.74, 6) is -0.0590. The Morgan fingerprint density at radius 2 is 1.95 bits per heavy atom. The predicted molar refractivity (Wildman–Crippen MR) is 70.9 cm³/mol. The number of aromatic nitrogens is 1. The predicted octanol–water partition coefficient (Wildman–Crippen LogP) is 1.91. The second-order valence-corrected chi connectivity index (χ2v) is 4.24. The molecule has 0 aliphatic carbocycles. The fourth-order valence-electron chi connectivity index (χ4n) is 1.77. The molecule has 0 radical (unpaired) electrons. The van der Waals surface area contributed by atoms with Crippen LogP contribution in [0.4, 0.5) is 0 Å². The lowest BCUT2D eigenvalue weighted by Gasteiger charge is -2.09. The van der Waals surface area contributed by atoms with Gasteiger partial charge in [0, 0.05) is 29.6 Å². The molecular formula is C15H12N2O2. The molecule has 1 aromatic carbocycles. The number of pyridine rings is 1. The van der Waals surface area contributed by atoms with Crippen molar-refractivity contribution in [1.82, 2.24) is 4.57 Å². The first-order valence-corrected chi connectivity index (χ1v) is 5.80. The monoisotopic (exact) mass is 252 g/mol. The number of aryl methyl sites for hydroxylation is 1. The molecule has 0 saturated heterocycles. The molecular weight excluding hydrogens is 240 g/mol. The summed E-state index contributed by atoms with van der Waals surface area (Å²) >= 11 is 0. The highest BCUT2D eigenvalue weighted by atomic mass is 16.1. The summed E-state index contributed by atoms with van der Waals surface area (Å²) in [5, 5.41) is 8.70. The Morgan fingerprint density at radius 1 is 1.26 bits per heavy atom.